The molecule has 128 valence electrons. The van der Waals surface area contributed by atoms with Crippen molar-refractivity contribution in [3.8, 4) is 5.75 Å². The van der Waals surface area contributed by atoms with Crippen LogP contribution in [0.2, 0.25) is 0 Å². The number of nitrogens with zero attached hydrogens (tertiary/aromatic N) is 1. The lowest BCUT2D eigenvalue weighted by atomic mass is 10.2. The van der Waals surface area contributed by atoms with E-state index in [-0.39, 0.29) is 12.0 Å². The molecule has 1 aromatic carbocycles. The topological polar surface area (TPSA) is 48.0 Å². The second-order valence-electron chi connectivity index (χ2n) is 5.89. The molecular weight excluding hydrogens is 294 g/mol. The molecule has 5 nitrogen and oxygen atoms in total. The van der Waals surface area contributed by atoms with Crippen LogP contribution >= 0.6 is 0 Å². The zero-order chi connectivity index (χ0) is 16.5. The molecule has 5 heteroatoms. The molecule has 23 heavy (non-hydrogen) atoms. The van der Waals surface area contributed by atoms with Gasteiger partial charge < -0.3 is 19.1 Å². The van der Waals surface area contributed by atoms with Gasteiger partial charge in [0.2, 0.25) is 0 Å². The molecule has 1 heterocycles. The van der Waals surface area contributed by atoms with Crippen LogP contribution in [0.5, 0.6) is 5.75 Å². The summed E-state index contributed by atoms with van der Waals surface area (Å²) in [5, 5.41) is 0. The van der Waals surface area contributed by atoms with Crippen LogP contribution in [-0.4, -0.2) is 56.4 Å². The van der Waals surface area contributed by atoms with Gasteiger partial charge in [-0.1, -0.05) is 18.2 Å². The third kappa shape index (κ3) is 6.20. The normalized spacial score (nSPS) is 18.6. The zero-order valence-corrected chi connectivity index (χ0v) is 14.1. The average Bonchev–Trinajstić information content (AvgIpc) is 3.10. The second kappa shape index (κ2) is 9.53. The first-order valence-electron chi connectivity index (χ1n) is 8.33. The quantitative estimate of drug-likeness (QED) is 0.656. The molecule has 2 atom stereocenters. The minimum atomic E-state index is -0.431. The lowest BCUT2D eigenvalue weighted by Crippen LogP contribution is -2.38. The zero-order valence-electron chi connectivity index (χ0n) is 14.1. The number of rotatable bonds is 9. The first-order valence-corrected chi connectivity index (χ1v) is 8.33. The van der Waals surface area contributed by atoms with E-state index in [9.17, 15) is 4.79 Å². The number of hydrogen-bond donors (Lipinski definition) is 0. The minimum Gasteiger partial charge on any atom is -0.494 e. The molecule has 0 radical (unpaired) electrons. The van der Waals surface area contributed by atoms with Gasteiger partial charge in [-0.05, 0) is 38.3 Å². The third-order valence-electron chi connectivity index (χ3n) is 3.93. The maximum absolute atomic E-state index is 12.2. The van der Waals surface area contributed by atoms with Crippen molar-refractivity contribution in [1.29, 1.82) is 0 Å². The van der Waals surface area contributed by atoms with Crippen LogP contribution in [0.25, 0.3) is 0 Å². The van der Waals surface area contributed by atoms with Crippen LogP contribution in [0.1, 0.15) is 26.2 Å². The lowest BCUT2D eigenvalue weighted by Gasteiger charge is -2.22. The minimum absolute atomic E-state index is 0.00251. The summed E-state index contributed by atoms with van der Waals surface area (Å²) >= 11 is 0. The Hall–Kier alpha value is -1.59. The predicted octanol–water partition coefficient (Wildman–Crippen LogP) is 2.50. The van der Waals surface area contributed by atoms with Gasteiger partial charge in [0.05, 0.1) is 19.3 Å². The number of amides is 1. The van der Waals surface area contributed by atoms with Crippen molar-refractivity contribution in [2.45, 2.75) is 38.4 Å². The largest absolute Gasteiger partial charge is 0.494 e. The molecule has 1 aliphatic rings. The Morgan fingerprint density at radius 1 is 1.39 bits per heavy atom. The van der Waals surface area contributed by atoms with E-state index < -0.39 is 6.10 Å². The van der Waals surface area contributed by atoms with Crippen molar-refractivity contribution in [1.82, 2.24) is 4.90 Å². The smallest absolute Gasteiger partial charge is 0.251 e. The summed E-state index contributed by atoms with van der Waals surface area (Å²) in [5.41, 5.74) is 0. The number of likely N-dealkylation sites (N-methyl/N-ethyl adjacent to an activating group) is 1. The molecule has 0 saturated carbocycles. The Balaban J connectivity index is 1.59. The molecule has 0 bridgehead atoms. The summed E-state index contributed by atoms with van der Waals surface area (Å²) in [6.45, 7) is 4.34. The van der Waals surface area contributed by atoms with Crippen molar-refractivity contribution in [3.05, 3.63) is 30.3 Å². The molecular formula is C18H27NO4. The number of carbonyl (C=O) groups is 1. The van der Waals surface area contributed by atoms with Crippen molar-refractivity contribution in [3.63, 3.8) is 0 Å². The molecule has 0 aliphatic carbocycles. The van der Waals surface area contributed by atoms with Gasteiger partial charge in [0, 0.05) is 20.2 Å². The molecule has 0 aromatic heterocycles. The fourth-order valence-corrected chi connectivity index (χ4v) is 2.53. The van der Waals surface area contributed by atoms with Gasteiger partial charge in [0.1, 0.15) is 11.9 Å². The van der Waals surface area contributed by atoms with E-state index in [0.29, 0.717) is 19.8 Å². The molecule has 0 unspecified atom stereocenters. The Bertz CT molecular complexity index is 459. The number of hydrogen-bond acceptors (Lipinski definition) is 4. The molecule has 1 aromatic rings. The van der Waals surface area contributed by atoms with Gasteiger partial charge in [-0.25, -0.2) is 0 Å². The standard InChI is InChI=1S/C18H27NO4/c1-15(23-14-17-10-6-12-22-17)18(20)19(2)11-7-13-21-16-8-4-3-5-9-16/h3-5,8-9,15,17H,6-7,10-14H2,1-2H3/t15-,17-/m0/s1. The van der Waals surface area contributed by atoms with Crippen LogP contribution in [-0.2, 0) is 14.3 Å². The Labute approximate surface area is 138 Å². The molecule has 0 N–H and O–H groups in total. The van der Waals surface area contributed by atoms with Gasteiger partial charge in [-0.2, -0.15) is 0 Å². The van der Waals surface area contributed by atoms with Crippen LogP contribution in [0.4, 0.5) is 0 Å². The van der Waals surface area contributed by atoms with Crippen molar-refractivity contribution >= 4 is 5.91 Å². The Morgan fingerprint density at radius 2 is 2.17 bits per heavy atom. The highest BCUT2D eigenvalue weighted by atomic mass is 16.5. The van der Waals surface area contributed by atoms with Crippen molar-refractivity contribution < 1.29 is 19.0 Å². The average molecular weight is 321 g/mol. The number of ether oxygens (including phenoxy) is 3. The molecule has 2 rings (SSSR count). The van der Waals surface area contributed by atoms with E-state index in [1.54, 1.807) is 18.9 Å². The van der Waals surface area contributed by atoms with E-state index >= 15 is 0 Å². The molecule has 1 saturated heterocycles. The molecule has 1 amide bonds. The van der Waals surface area contributed by atoms with Crippen molar-refractivity contribution in [2.24, 2.45) is 0 Å². The molecule has 1 aliphatic heterocycles. The van der Waals surface area contributed by atoms with Gasteiger partial charge in [-0.3, -0.25) is 4.79 Å². The maximum Gasteiger partial charge on any atom is 0.251 e. The SMILES string of the molecule is C[C@H](OC[C@@H]1CCCO1)C(=O)N(C)CCCOc1ccccc1. The van der Waals surface area contributed by atoms with Crippen LogP contribution < -0.4 is 4.74 Å². The fourth-order valence-electron chi connectivity index (χ4n) is 2.53. The van der Waals surface area contributed by atoms with Crippen LogP contribution in [0.3, 0.4) is 0 Å². The van der Waals surface area contributed by atoms with Gasteiger partial charge in [-0.15, -0.1) is 0 Å². The fraction of sp³-hybridized carbons (Fsp3) is 0.611. The molecule has 0 spiro atoms. The first kappa shape index (κ1) is 17.8. The van der Waals surface area contributed by atoms with Crippen molar-refractivity contribution in [2.75, 3.05) is 33.4 Å². The number of para-hydroxylation sites is 1. The highest BCUT2D eigenvalue weighted by molar-refractivity contribution is 5.80. The van der Waals surface area contributed by atoms with Gasteiger partial charge in [0.15, 0.2) is 0 Å². The number of carbonyl (C=O) groups excluding carboxylic acids is 1. The second-order valence-corrected chi connectivity index (χ2v) is 5.89. The molecule has 1 fully saturated rings. The summed E-state index contributed by atoms with van der Waals surface area (Å²) in [6.07, 6.45) is 2.61. The lowest BCUT2D eigenvalue weighted by molar-refractivity contribution is -0.143. The summed E-state index contributed by atoms with van der Waals surface area (Å²) in [4.78, 5) is 13.9. The van der Waals surface area contributed by atoms with Crippen LogP contribution in [0, 0.1) is 0 Å². The monoisotopic (exact) mass is 321 g/mol. The predicted molar refractivity (Wildman–Crippen MR) is 88.6 cm³/mol. The van der Waals surface area contributed by atoms with E-state index in [2.05, 4.69) is 0 Å². The number of benzene rings is 1. The Morgan fingerprint density at radius 3 is 2.87 bits per heavy atom. The highest BCUT2D eigenvalue weighted by Gasteiger charge is 2.21. The maximum atomic E-state index is 12.2. The summed E-state index contributed by atoms with van der Waals surface area (Å²) in [7, 11) is 1.80. The Kier molecular flexibility index (Phi) is 7.36. The van der Waals surface area contributed by atoms with E-state index in [1.807, 2.05) is 30.3 Å². The summed E-state index contributed by atoms with van der Waals surface area (Å²) < 4.78 is 16.8. The van der Waals surface area contributed by atoms with Gasteiger partial charge >= 0.3 is 0 Å². The van der Waals surface area contributed by atoms with Gasteiger partial charge in [0.25, 0.3) is 5.91 Å². The highest BCUT2D eigenvalue weighted by Crippen LogP contribution is 2.13. The summed E-state index contributed by atoms with van der Waals surface area (Å²) in [5.74, 6) is 0.859. The van der Waals surface area contributed by atoms with E-state index in [1.165, 1.54) is 0 Å². The van der Waals surface area contributed by atoms with Crippen LogP contribution in [0.15, 0.2) is 30.3 Å². The third-order valence-corrected chi connectivity index (χ3v) is 3.93. The first-order chi connectivity index (χ1) is 11.2. The van der Waals surface area contributed by atoms with E-state index in [0.717, 1.165) is 31.6 Å². The summed E-state index contributed by atoms with van der Waals surface area (Å²) in [6, 6.07) is 9.69. The van der Waals surface area contributed by atoms with E-state index in [4.69, 9.17) is 14.2 Å².